The third-order valence-corrected chi connectivity index (χ3v) is 3.95. The summed E-state index contributed by atoms with van der Waals surface area (Å²) in [5.41, 5.74) is 5.98. The van der Waals surface area contributed by atoms with Crippen LogP contribution in [0.15, 0.2) is 23.1 Å². The number of benzene rings is 1. The van der Waals surface area contributed by atoms with Crippen molar-refractivity contribution in [2.45, 2.75) is 18.2 Å². The van der Waals surface area contributed by atoms with Crippen LogP contribution in [0.25, 0.3) is 0 Å². The van der Waals surface area contributed by atoms with Crippen molar-refractivity contribution in [3.63, 3.8) is 0 Å². The van der Waals surface area contributed by atoms with Gasteiger partial charge in [-0.1, -0.05) is 6.92 Å². The number of hydrogen-bond donors (Lipinski definition) is 1. The predicted molar refractivity (Wildman–Crippen MR) is 59.8 cm³/mol. The van der Waals surface area contributed by atoms with E-state index in [1.165, 1.54) is 19.2 Å². The van der Waals surface area contributed by atoms with Crippen molar-refractivity contribution in [3.05, 3.63) is 18.2 Å². The summed E-state index contributed by atoms with van der Waals surface area (Å²) < 4.78 is 28.3. The van der Waals surface area contributed by atoms with Gasteiger partial charge in [-0.25, -0.2) is 8.42 Å². The minimum Gasteiger partial charge on any atom is -0.495 e. The van der Waals surface area contributed by atoms with Crippen molar-refractivity contribution in [3.8, 4) is 5.75 Å². The molecule has 0 amide bonds. The molecule has 0 heterocycles. The van der Waals surface area contributed by atoms with E-state index in [1.807, 2.05) is 6.92 Å². The van der Waals surface area contributed by atoms with Crippen LogP contribution in [0.4, 0.5) is 5.69 Å². The second kappa shape index (κ2) is 4.53. The maximum atomic E-state index is 11.7. The summed E-state index contributed by atoms with van der Waals surface area (Å²) in [4.78, 5) is 0.252. The van der Waals surface area contributed by atoms with E-state index >= 15 is 0 Å². The lowest BCUT2D eigenvalue weighted by atomic mass is 10.3. The van der Waals surface area contributed by atoms with Crippen molar-refractivity contribution in [1.82, 2.24) is 0 Å². The Hall–Kier alpha value is -1.23. The molecule has 0 aromatic heterocycles. The van der Waals surface area contributed by atoms with E-state index in [2.05, 4.69) is 0 Å². The van der Waals surface area contributed by atoms with Crippen LogP contribution in [0.5, 0.6) is 5.75 Å². The zero-order valence-corrected chi connectivity index (χ0v) is 9.67. The van der Waals surface area contributed by atoms with Crippen LogP contribution < -0.4 is 10.5 Å². The van der Waals surface area contributed by atoms with Crippen molar-refractivity contribution in [2.24, 2.45) is 0 Å². The molecule has 15 heavy (non-hydrogen) atoms. The molecule has 0 radical (unpaired) electrons. The van der Waals surface area contributed by atoms with E-state index in [9.17, 15) is 8.42 Å². The zero-order chi connectivity index (χ0) is 11.5. The molecule has 0 unspecified atom stereocenters. The number of methoxy groups -OCH3 is 1. The van der Waals surface area contributed by atoms with Crippen LogP contribution in [0.1, 0.15) is 13.3 Å². The summed E-state index contributed by atoms with van der Waals surface area (Å²) in [6.45, 7) is 1.82. The average molecular weight is 229 g/mol. The van der Waals surface area contributed by atoms with Gasteiger partial charge in [0.1, 0.15) is 5.75 Å². The Morgan fingerprint density at radius 1 is 1.40 bits per heavy atom. The molecule has 0 fully saturated rings. The Labute approximate surface area is 90.0 Å². The van der Waals surface area contributed by atoms with E-state index in [0.717, 1.165) is 0 Å². The van der Waals surface area contributed by atoms with Gasteiger partial charge in [-0.2, -0.15) is 0 Å². The number of sulfone groups is 1. The zero-order valence-electron chi connectivity index (χ0n) is 8.86. The minimum absolute atomic E-state index is 0.138. The lowest BCUT2D eigenvalue weighted by molar-refractivity contribution is 0.416. The first-order chi connectivity index (χ1) is 7.01. The molecule has 0 bridgehead atoms. The Morgan fingerprint density at radius 2 is 2.07 bits per heavy atom. The molecule has 0 spiro atoms. The number of hydrogen-bond acceptors (Lipinski definition) is 4. The van der Waals surface area contributed by atoms with E-state index in [0.29, 0.717) is 17.9 Å². The van der Waals surface area contributed by atoms with Crippen molar-refractivity contribution < 1.29 is 13.2 Å². The van der Waals surface area contributed by atoms with Crippen LogP contribution >= 0.6 is 0 Å². The van der Waals surface area contributed by atoms with Gasteiger partial charge in [-0.3, -0.25) is 0 Å². The fourth-order valence-corrected chi connectivity index (χ4v) is 2.65. The fourth-order valence-electron chi connectivity index (χ4n) is 1.29. The first-order valence-corrected chi connectivity index (χ1v) is 6.32. The van der Waals surface area contributed by atoms with E-state index < -0.39 is 9.84 Å². The molecule has 0 saturated heterocycles. The number of rotatable bonds is 4. The third-order valence-electron chi connectivity index (χ3n) is 2.03. The molecule has 0 aliphatic carbocycles. The third kappa shape index (κ3) is 2.62. The molecule has 0 aliphatic heterocycles. The van der Waals surface area contributed by atoms with Gasteiger partial charge in [0.15, 0.2) is 9.84 Å². The van der Waals surface area contributed by atoms with Crippen LogP contribution in [-0.2, 0) is 9.84 Å². The molecule has 84 valence electrons. The highest BCUT2D eigenvalue weighted by molar-refractivity contribution is 7.91. The van der Waals surface area contributed by atoms with Crippen molar-refractivity contribution >= 4 is 15.5 Å². The molecule has 5 heteroatoms. The molecule has 2 N–H and O–H groups in total. The van der Waals surface area contributed by atoms with Gasteiger partial charge < -0.3 is 10.5 Å². The first kappa shape index (κ1) is 11.8. The number of anilines is 1. The van der Waals surface area contributed by atoms with Crippen molar-refractivity contribution in [1.29, 1.82) is 0 Å². The van der Waals surface area contributed by atoms with Crippen LogP contribution in [0.2, 0.25) is 0 Å². The Morgan fingerprint density at radius 3 is 2.53 bits per heavy atom. The van der Waals surface area contributed by atoms with Gasteiger partial charge >= 0.3 is 0 Å². The minimum atomic E-state index is -3.19. The van der Waals surface area contributed by atoms with E-state index in [4.69, 9.17) is 10.5 Å². The molecular weight excluding hydrogens is 214 g/mol. The molecule has 0 atom stereocenters. The summed E-state index contributed by atoms with van der Waals surface area (Å²) >= 11 is 0. The van der Waals surface area contributed by atoms with E-state index in [-0.39, 0.29) is 10.6 Å². The second-order valence-electron chi connectivity index (χ2n) is 3.22. The highest BCUT2D eigenvalue weighted by Gasteiger charge is 2.14. The summed E-state index contributed by atoms with van der Waals surface area (Å²) in [5, 5.41) is 0. The predicted octanol–water partition coefficient (Wildman–Crippen LogP) is 1.46. The maximum Gasteiger partial charge on any atom is 0.178 e. The smallest absolute Gasteiger partial charge is 0.178 e. The lowest BCUT2D eigenvalue weighted by Gasteiger charge is -2.07. The molecule has 0 saturated carbocycles. The molecule has 4 nitrogen and oxygen atoms in total. The highest BCUT2D eigenvalue weighted by Crippen LogP contribution is 2.25. The van der Waals surface area contributed by atoms with Gasteiger partial charge in [0.05, 0.1) is 23.4 Å². The van der Waals surface area contributed by atoms with Crippen molar-refractivity contribution in [2.75, 3.05) is 18.6 Å². The van der Waals surface area contributed by atoms with Gasteiger partial charge in [0.25, 0.3) is 0 Å². The quantitative estimate of drug-likeness (QED) is 0.793. The maximum absolute atomic E-state index is 11.7. The Bertz CT molecular complexity index is 440. The highest BCUT2D eigenvalue weighted by atomic mass is 32.2. The summed E-state index contributed by atoms with van der Waals surface area (Å²) in [7, 11) is -1.70. The standard InChI is InChI=1S/C10H15NO3S/c1-3-6-15(12,13)8-4-5-10(14-2)9(11)7-8/h4-5,7H,3,6,11H2,1-2H3. The molecule has 1 aromatic carbocycles. The fraction of sp³-hybridized carbons (Fsp3) is 0.400. The largest absolute Gasteiger partial charge is 0.495 e. The SMILES string of the molecule is CCCS(=O)(=O)c1ccc(OC)c(N)c1. The van der Waals surface area contributed by atoms with Gasteiger partial charge in [0.2, 0.25) is 0 Å². The lowest BCUT2D eigenvalue weighted by Crippen LogP contribution is -2.06. The summed E-state index contributed by atoms with van der Waals surface area (Å²) in [6.07, 6.45) is 0.592. The van der Waals surface area contributed by atoms with Gasteiger partial charge in [0, 0.05) is 0 Å². The van der Waals surface area contributed by atoms with Crippen LogP contribution in [-0.4, -0.2) is 21.3 Å². The normalized spacial score (nSPS) is 11.3. The summed E-state index contributed by atoms with van der Waals surface area (Å²) in [6, 6.07) is 4.52. The van der Waals surface area contributed by atoms with Crippen LogP contribution in [0.3, 0.4) is 0 Å². The van der Waals surface area contributed by atoms with Crippen LogP contribution in [0, 0.1) is 0 Å². The number of ether oxygens (including phenoxy) is 1. The monoisotopic (exact) mass is 229 g/mol. The first-order valence-electron chi connectivity index (χ1n) is 4.67. The second-order valence-corrected chi connectivity index (χ2v) is 5.33. The molecular formula is C10H15NO3S. The molecule has 1 rings (SSSR count). The topological polar surface area (TPSA) is 69.4 Å². The number of nitrogen functional groups attached to an aromatic ring is 1. The molecule has 1 aromatic rings. The van der Waals surface area contributed by atoms with Gasteiger partial charge in [-0.05, 0) is 24.6 Å². The average Bonchev–Trinajstić information content (AvgIpc) is 2.17. The van der Waals surface area contributed by atoms with E-state index in [1.54, 1.807) is 6.07 Å². The Kier molecular flexibility index (Phi) is 3.57. The number of nitrogens with two attached hydrogens (primary N) is 1. The summed E-state index contributed by atoms with van der Waals surface area (Å²) in [5.74, 6) is 0.629. The van der Waals surface area contributed by atoms with Gasteiger partial charge in [-0.15, -0.1) is 0 Å². The Balaban J connectivity index is 3.13. The molecule has 0 aliphatic rings.